The van der Waals surface area contributed by atoms with Crippen molar-refractivity contribution in [1.29, 1.82) is 0 Å². The lowest BCUT2D eigenvalue weighted by Gasteiger charge is -2.06. The molecule has 1 aliphatic heterocycles. The van der Waals surface area contributed by atoms with Crippen LogP contribution < -0.4 is 14.8 Å². The minimum absolute atomic E-state index is 0.0602. The van der Waals surface area contributed by atoms with Gasteiger partial charge in [-0.05, 0) is 18.6 Å². The lowest BCUT2D eigenvalue weighted by atomic mass is 10.1. The van der Waals surface area contributed by atoms with Crippen LogP contribution in [-0.4, -0.2) is 12.7 Å². The van der Waals surface area contributed by atoms with Crippen LogP contribution in [0.4, 0.5) is 5.69 Å². The molecule has 1 aliphatic rings. The summed E-state index contributed by atoms with van der Waals surface area (Å²) >= 11 is 0. The maximum atomic E-state index is 11.7. The Kier molecular flexibility index (Phi) is 4.45. The van der Waals surface area contributed by atoms with Gasteiger partial charge in [0.05, 0.1) is 0 Å². The highest BCUT2D eigenvalue weighted by Crippen LogP contribution is 2.34. The Morgan fingerprint density at radius 3 is 2.89 bits per heavy atom. The van der Waals surface area contributed by atoms with Gasteiger partial charge >= 0.3 is 0 Å². The molecule has 1 aromatic rings. The van der Waals surface area contributed by atoms with Gasteiger partial charge in [-0.1, -0.05) is 26.2 Å². The Morgan fingerprint density at radius 2 is 2.06 bits per heavy atom. The Hall–Kier alpha value is -1.71. The molecule has 0 unspecified atom stereocenters. The normalized spacial score (nSPS) is 12.5. The predicted octanol–water partition coefficient (Wildman–Crippen LogP) is 3.32. The maximum absolute atomic E-state index is 11.7. The molecule has 0 aromatic heterocycles. The third-order valence-electron chi connectivity index (χ3n) is 2.91. The van der Waals surface area contributed by atoms with E-state index in [4.69, 9.17) is 9.47 Å². The Bertz CT molecular complexity index is 418. The smallest absolute Gasteiger partial charge is 0.231 e. The van der Waals surface area contributed by atoms with Gasteiger partial charge in [0.15, 0.2) is 11.5 Å². The number of carbonyl (C=O) groups is 1. The van der Waals surface area contributed by atoms with Crippen molar-refractivity contribution in [2.24, 2.45) is 0 Å². The van der Waals surface area contributed by atoms with E-state index in [-0.39, 0.29) is 12.7 Å². The van der Waals surface area contributed by atoms with Crippen LogP contribution in [0.3, 0.4) is 0 Å². The fourth-order valence-corrected chi connectivity index (χ4v) is 1.91. The highest BCUT2D eigenvalue weighted by atomic mass is 16.7. The van der Waals surface area contributed by atoms with E-state index in [0.717, 1.165) is 24.3 Å². The van der Waals surface area contributed by atoms with Crippen molar-refractivity contribution < 1.29 is 14.3 Å². The van der Waals surface area contributed by atoms with Crippen LogP contribution in [0.1, 0.15) is 39.0 Å². The number of unbranched alkanes of at least 4 members (excludes halogenated alkanes) is 3. The zero-order valence-corrected chi connectivity index (χ0v) is 10.7. The van der Waals surface area contributed by atoms with Crippen molar-refractivity contribution in [3.05, 3.63) is 18.2 Å². The fraction of sp³-hybridized carbons (Fsp3) is 0.500. The van der Waals surface area contributed by atoms with E-state index in [2.05, 4.69) is 12.2 Å². The highest BCUT2D eigenvalue weighted by molar-refractivity contribution is 5.91. The van der Waals surface area contributed by atoms with Gasteiger partial charge < -0.3 is 14.8 Å². The van der Waals surface area contributed by atoms with E-state index < -0.39 is 0 Å². The number of anilines is 1. The SMILES string of the molecule is CCCCCCC(=O)Nc1ccc2c(c1)OCO2. The minimum Gasteiger partial charge on any atom is -0.454 e. The first-order valence-corrected chi connectivity index (χ1v) is 6.49. The molecule has 0 radical (unpaired) electrons. The van der Waals surface area contributed by atoms with E-state index in [1.807, 2.05) is 12.1 Å². The van der Waals surface area contributed by atoms with E-state index in [0.29, 0.717) is 12.2 Å². The van der Waals surface area contributed by atoms with Gasteiger partial charge in [-0.15, -0.1) is 0 Å². The Morgan fingerprint density at radius 1 is 1.22 bits per heavy atom. The molecule has 0 fully saturated rings. The number of rotatable bonds is 6. The predicted molar refractivity (Wildman–Crippen MR) is 70.0 cm³/mol. The summed E-state index contributed by atoms with van der Waals surface area (Å²) in [6.07, 6.45) is 5.02. The zero-order chi connectivity index (χ0) is 12.8. The highest BCUT2D eigenvalue weighted by Gasteiger charge is 2.13. The molecule has 0 atom stereocenters. The number of ether oxygens (including phenoxy) is 2. The second-order valence-corrected chi connectivity index (χ2v) is 4.43. The number of nitrogens with one attached hydrogen (secondary N) is 1. The van der Waals surface area contributed by atoms with Gasteiger partial charge in [-0.3, -0.25) is 4.79 Å². The molecule has 98 valence electrons. The zero-order valence-electron chi connectivity index (χ0n) is 10.7. The summed E-state index contributed by atoms with van der Waals surface area (Å²) in [5.41, 5.74) is 0.764. The summed E-state index contributed by atoms with van der Waals surface area (Å²) in [5, 5.41) is 2.87. The largest absolute Gasteiger partial charge is 0.454 e. The van der Waals surface area contributed by atoms with Crippen molar-refractivity contribution in [1.82, 2.24) is 0 Å². The van der Waals surface area contributed by atoms with Crippen molar-refractivity contribution in [2.45, 2.75) is 39.0 Å². The van der Waals surface area contributed by atoms with Crippen LogP contribution in [0, 0.1) is 0 Å². The molecule has 2 rings (SSSR count). The molecule has 4 heteroatoms. The standard InChI is InChI=1S/C14H19NO3/c1-2-3-4-5-6-14(16)15-11-7-8-12-13(9-11)18-10-17-12/h7-9H,2-6,10H2,1H3,(H,15,16). The van der Waals surface area contributed by atoms with Gasteiger partial charge in [0.2, 0.25) is 12.7 Å². The average Bonchev–Trinajstić information content (AvgIpc) is 2.82. The van der Waals surface area contributed by atoms with Crippen molar-refractivity contribution in [2.75, 3.05) is 12.1 Å². The van der Waals surface area contributed by atoms with Gasteiger partial charge in [0.25, 0.3) is 0 Å². The van der Waals surface area contributed by atoms with Crippen LogP contribution in [0.5, 0.6) is 11.5 Å². The summed E-state index contributed by atoms with van der Waals surface area (Å²) in [5.74, 6) is 1.49. The molecule has 4 nitrogen and oxygen atoms in total. The van der Waals surface area contributed by atoms with Crippen LogP contribution in [0.15, 0.2) is 18.2 Å². The molecule has 1 N–H and O–H groups in total. The number of hydrogen-bond acceptors (Lipinski definition) is 3. The van der Waals surface area contributed by atoms with E-state index >= 15 is 0 Å². The van der Waals surface area contributed by atoms with Gasteiger partial charge in [-0.2, -0.15) is 0 Å². The number of fused-ring (bicyclic) bond motifs is 1. The molecule has 1 aromatic carbocycles. The lowest BCUT2D eigenvalue weighted by molar-refractivity contribution is -0.116. The number of benzene rings is 1. The van der Waals surface area contributed by atoms with E-state index in [9.17, 15) is 4.79 Å². The molecule has 0 spiro atoms. The third kappa shape index (κ3) is 3.39. The van der Waals surface area contributed by atoms with Gasteiger partial charge in [0.1, 0.15) is 0 Å². The third-order valence-corrected chi connectivity index (χ3v) is 2.91. The first-order chi connectivity index (χ1) is 8.79. The molecule has 0 saturated heterocycles. The topological polar surface area (TPSA) is 47.6 Å². The quantitative estimate of drug-likeness (QED) is 0.787. The first-order valence-electron chi connectivity index (χ1n) is 6.49. The van der Waals surface area contributed by atoms with Crippen LogP contribution in [-0.2, 0) is 4.79 Å². The second-order valence-electron chi connectivity index (χ2n) is 4.43. The van der Waals surface area contributed by atoms with Gasteiger partial charge in [0, 0.05) is 18.2 Å². The molecule has 0 aliphatic carbocycles. The summed E-state index contributed by atoms with van der Waals surface area (Å²) in [7, 11) is 0. The number of amides is 1. The molecule has 18 heavy (non-hydrogen) atoms. The second kappa shape index (κ2) is 6.28. The number of carbonyl (C=O) groups excluding carboxylic acids is 1. The van der Waals surface area contributed by atoms with Gasteiger partial charge in [-0.25, -0.2) is 0 Å². The summed E-state index contributed by atoms with van der Waals surface area (Å²) in [4.78, 5) is 11.7. The van der Waals surface area contributed by atoms with E-state index in [1.54, 1.807) is 6.07 Å². The van der Waals surface area contributed by atoms with Crippen LogP contribution in [0.25, 0.3) is 0 Å². The monoisotopic (exact) mass is 249 g/mol. The molecule has 1 amide bonds. The lowest BCUT2D eigenvalue weighted by Crippen LogP contribution is -2.10. The van der Waals surface area contributed by atoms with Crippen molar-refractivity contribution in [3.63, 3.8) is 0 Å². The maximum Gasteiger partial charge on any atom is 0.231 e. The Labute approximate surface area is 107 Å². The average molecular weight is 249 g/mol. The van der Waals surface area contributed by atoms with Crippen molar-refractivity contribution >= 4 is 11.6 Å². The summed E-state index contributed by atoms with van der Waals surface area (Å²) < 4.78 is 10.5. The minimum atomic E-state index is 0.0602. The molecule has 0 bridgehead atoms. The molecule has 1 heterocycles. The summed E-state index contributed by atoms with van der Waals surface area (Å²) in [6, 6.07) is 5.44. The molecule has 0 saturated carbocycles. The first kappa shape index (κ1) is 12.7. The van der Waals surface area contributed by atoms with Crippen molar-refractivity contribution in [3.8, 4) is 11.5 Å². The summed E-state index contributed by atoms with van der Waals surface area (Å²) in [6.45, 7) is 2.41. The van der Waals surface area contributed by atoms with E-state index in [1.165, 1.54) is 12.8 Å². The van der Waals surface area contributed by atoms with Crippen LogP contribution >= 0.6 is 0 Å². The number of hydrogen-bond donors (Lipinski definition) is 1. The molecular weight excluding hydrogens is 230 g/mol. The molecular formula is C14H19NO3. The van der Waals surface area contributed by atoms with Crippen LogP contribution in [0.2, 0.25) is 0 Å². The Balaban J connectivity index is 1.80. The fourth-order valence-electron chi connectivity index (χ4n) is 1.91.